The Balaban J connectivity index is 1.57. The lowest BCUT2D eigenvalue weighted by Gasteiger charge is -2.36. The van der Waals surface area contributed by atoms with Crippen molar-refractivity contribution in [1.82, 2.24) is 15.1 Å². The number of nitrogens with one attached hydrogen (secondary N) is 1. The number of amides is 1. The molecular formula is C15H27N3O. The average molecular weight is 265 g/mol. The predicted molar refractivity (Wildman–Crippen MR) is 75.9 cm³/mol. The van der Waals surface area contributed by atoms with Crippen LogP contribution in [0.1, 0.15) is 33.1 Å². The van der Waals surface area contributed by atoms with Gasteiger partial charge < -0.3 is 15.1 Å². The standard InChI is InChI=1S/C15H27N3O/c1-15(2)13-10-16-9-12(13)11-18(15)14(19)5-8-17-6-3-4-7-17/h12-13,16H,3-11H2,1-2H3. The SMILES string of the molecule is CC1(C)C2CNCC2CN1C(=O)CCN1CCCC1. The van der Waals surface area contributed by atoms with Gasteiger partial charge in [0.2, 0.25) is 5.91 Å². The molecule has 19 heavy (non-hydrogen) atoms. The molecule has 3 aliphatic rings. The minimum absolute atomic E-state index is 0.0380. The highest BCUT2D eigenvalue weighted by Crippen LogP contribution is 2.40. The summed E-state index contributed by atoms with van der Waals surface area (Å²) in [5.74, 6) is 1.68. The van der Waals surface area contributed by atoms with Crippen LogP contribution < -0.4 is 5.32 Å². The van der Waals surface area contributed by atoms with E-state index in [1.807, 2.05) is 0 Å². The lowest BCUT2D eigenvalue weighted by Crippen LogP contribution is -2.48. The fourth-order valence-corrected chi connectivity index (χ4v) is 4.24. The number of rotatable bonds is 3. The highest BCUT2D eigenvalue weighted by Gasteiger charge is 2.50. The van der Waals surface area contributed by atoms with E-state index >= 15 is 0 Å². The van der Waals surface area contributed by atoms with Crippen LogP contribution in [0.4, 0.5) is 0 Å². The minimum Gasteiger partial charge on any atom is -0.337 e. The van der Waals surface area contributed by atoms with Crippen LogP contribution in [0.5, 0.6) is 0 Å². The van der Waals surface area contributed by atoms with E-state index in [9.17, 15) is 4.79 Å². The van der Waals surface area contributed by atoms with Crippen molar-refractivity contribution >= 4 is 5.91 Å². The van der Waals surface area contributed by atoms with Crippen molar-refractivity contribution in [2.24, 2.45) is 11.8 Å². The molecule has 4 heteroatoms. The van der Waals surface area contributed by atoms with E-state index in [0.717, 1.165) is 26.2 Å². The number of carbonyl (C=O) groups is 1. The van der Waals surface area contributed by atoms with Gasteiger partial charge in [0.05, 0.1) is 0 Å². The second kappa shape index (κ2) is 5.06. The van der Waals surface area contributed by atoms with Gasteiger partial charge in [-0.05, 0) is 51.6 Å². The minimum atomic E-state index is 0.0380. The quantitative estimate of drug-likeness (QED) is 0.824. The van der Waals surface area contributed by atoms with Gasteiger partial charge in [0.25, 0.3) is 0 Å². The first kappa shape index (κ1) is 13.4. The van der Waals surface area contributed by atoms with Crippen LogP contribution in [0.3, 0.4) is 0 Å². The molecule has 0 saturated carbocycles. The van der Waals surface area contributed by atoms with Crippen LogP contribution in [0, 0.1) is 11.8 Å². The van der Waals surface area contributed by atoms with E-state index in [0.29, 0.717) is 24.2 Å². The Bertz CT molecular complexity index is 349. The van der Waals surface area contributed by atoms with Gasteiger partial charge in [-0.3, -0.25) is 4.79 Å². The molecule has 3 fully saturated rings. The highest BCUT2D eigenvalue weighted by atomic mass is 16.2. The fourth-order valence-electron chi connectivity index (χ4n) is 4.24. The third-order valence-electron chi connectivity index (χ3n) is 5.50. The van der Waals surface area contributed by atoms with E-state index in [2.05, 4.69) is 29.0 Å². The molecule has 3 aliphatic heterocycles. The maximum absolute atomic E-state index is 12.5. The van der Waals surface area contributed by atoms with Crippen LogP contribution in [0.15, 0.2) is 0 Å². The second-order valence-corrected chi connectivity index (χ2v) is 6.98. The first-order valence-electron chi connectivity index (χ1n) is 7.82. The lowest BCUT2D eigenvalue weighted by molar-refractivity contribution is -0.135. The average Bonchev–Trinajstić information content (AvgIpc) is 3.06. The van der Waals surface area contributed by atoms with Crippen molar-refractivity contribution in [3.05, 3.63) is 0 Å². The van der Waals surface area contributed by atoms with E-state index < -0.39 is 0 Å². The number of nitrogens with zero attached hydrogens (tertiary/aromatic N) is 2. The molecule has 0 radical (unpaired) electrons. The molecule has 0 aromatic rings. The Kier molecular flexibility index (Phi) is 3.56. The molecule has 0 aromatic heterocycles. The highest BCUT2D eigenvalue weighted by molar-refractivity contribution is 5.77. The molecule has 3 heterocycles. The van der Waals surface area contributed by atoms with Crippen LogP contribution in [-0.2, 0) is 4.79 Å². The largest absolute Gasteiger partial charge is 0.337 e. The van der Waals surface area contributed by atoms with Crippen molar-refractivity contribution in [3.8, 4) is 0 Å². The van der Waals surface area contributed by atoms with Crippen molar-refractivity contribution in [3.63, 3.8) is 0 Å². The summed E-state index contributed by atoms with van der Waals surface area (Å²) < 4.78 is 0. The van der Waals surface area contributed by atoms with E-state index in [1.165, 1.54) is 25.9 Å². The van der Waals surface area contributed by atoms with Gasteiger partial charge >= 0.3 is 0 Å². The Morgan fingerprint density at radius 1 is 1.26 bits per heavy atom. The first-order valence-corrected chi connectivity index (χ1v) is 7.82. The third kappa shape index (κ3) is 2.40. The number of hydrogen-bond acceptors (Lipinski definition) is 3. The van der Waals surface area contributed by atoms with Crippen molar-refractivity contribution in [2.45, 2.75) is 38.6 Å². The van der Waals surface area contributed by atoms with Gasteiger partial charge in [-0.15, -0.1) is 0 Å². The van der Waals surface area contributed by atoms with E-state index in [4.69, 9.17) is 0 Å². The monoisotopic (exact) mass is 265 g/mol. The van der Waals surface area contributed by atoms with Gasteiger partial charge in [-0.25, -0.2) is 0 Å². The molecule has 2 unspecified atom stereocenters. The molecule has 3 saturated heterocycles. The Morgan fingerprint density at radius 3 is 2.68 bits per heavy atom. The van der Waals surface area contributed by atoms with Crippen LogP contribution in [0.25, 0.3) is 0 Å². The van der Waals surface area contributed by atoms with E-state index in [-0.39, 0.29) is 5.54 Å². The molecule has 0 aromatic carbocycles. The van der Waals surface area contributed by atoms with Crippen molar-refractivity contribution < 1.29 is 4.79 Å². The van der Waals surface area contributed by atoms with Crippen LogP contribution >= 0.6 is 0 Å². The molecule has 1 N–H and O–H groups in total. The zero-order chi connectivity index (χ0) is 13.5. The van der Waals surface area contributed by atoms with Gasteiger partial charge in [0.15, 0.2) is 0 Å². The Hall–Kier alpha value is -0.610. The number of likely N-dealkylation sites (tertiary alicyclic amines) is 2. The maximum Gasteiger partial charge on any atom is 0.224 e. The van der Waals surface area contributed by atoms with E-state index in [1.54, 1.807) is 0 Å². The Morgan fingerprint density at radius 2 is 2.00 bits per heavy atom. The summed E-state index contributed by atoms with van der Waals surface area (Å²) in [5, 5.41) is 3.47. The summed E-state index contributed by atoms with van der Waals surface area (Å²) in [5.41, 5.74) is 0.0380. The third-order valence-corrected chi connectivity index (χ3v) is 5.50. The molecule has 1 amide bonds. The number of fused-ring (bicyclic) bond motifs is 1. The van der Waals surface area contributed by atoms with Crippen LogP contribution in [-0.4, -0.2) is 60.5 Å². The summed E-state index contributed by atoms with van der Waals surface area (Å²) >= 11 is 0. The zero-order valence-corrected chi connectivity index (χ0v) is 12.3. The van der Waals surface area contributed by atoms with Crippen LogP contribution in [0.2, 0.25) is 0 Å². The van der Waals surface area contributed by atoms with Gasteiger partial charge in [0, 0.05) is 38.1 Å². The topological polar surface area (TPSA) is 35.6 Å². The zero-order valence-electron chi connectivity index (χ0n) is 12.3. The Labute approximate surface area is 116 Å². The van der Waals surface area contributed by atoms with Crippen molar-refractivity contribution in [2.75, 3.05) is 39.3 Å². The molecule has 0 bridgehead atoms. The molecule has 0 spiro atoms. The molecule has 0 aliphatic carbocycles. The summed E-state index contributed by atoms with van der Waals surface area (Å²) in [6.45, 7) is 11.0. The van der Waals surface area contributed by atoms with Gasteiger partial charge in [-0.1, -0.05) is 0 Å². The lowest BCUT2D eigenvalue weighted by atomic mass is 9.85. The number of hydrogen-bond donors (Lipinski definition) is 1. The maximum atomic E-state index is 12.5. The molecule has 3 rings (SSSR count). The normalized spacial score (nSPS) is 33.9. The molecular weight excluding hydrogens is 238 g/mol. The van der Waals surface area contributed by atoms with Crippen molar-refractivity contribution in [1.29, 1.82) is 0 Å². The fraction of sp³-hybridized carbons (Fsp3) is 0.933. The summed E-state index contributed by atoms with van der Waals surface area (Å²) in [6, 6.07) is 0. The summed E-state index contributed by atoms with van der Waals surface area (Å²) in [7, 11) is 0. The first-order chi connectivity index (χ1) is 9.09. The summed E-state index contributed by atoms with van der Waals surface area (Å²) in [6.07, 6.45) is 3.31. The smallest absolute Gasteiger partial charge is 0.224 e. The molecule has 2 atom stereocenters. The second-order valence-electron chi connectivity index (χ2n) is 6.98. The number of carbonyl (C=O) groups excluding carboxylic acids is 1. The predicted octanol–water partition coefficient (Wildman–Crippen LogP) is 0.929. The van der Waals surface area contributed by atoms with Gasteiger partial charge in [-0.2, -0.15) is 0 Å². The molecule has 108 valence electrons. The summed E-state index contributed by atoms with van der Waals surface area (Å²) in [4.78, 5) is 17.1. The molecule has 4 nitrogen and oxygen atoms in total. The van der Waals surface area contributed by atoms with Gasteiger partial charge in [0.1, 0.15) is 0 Å².